The first kappa shape index (κ1) is 4.11. The first-order chi connectivity index (χ1) is 5.04. The molecule has 0 saturated heterocycles. The zero-order chi connectivity index (χ0) is 8.59. The number of pyridine rings is 1. The molecule has 1 rings (SSSR count). The zero-order valence-corrected chi connectivity index (χ0v) is 5.94. The molecule has 48 valence electrons. The maximum absolute atomic E-state index is 9.05. The first-order valence-corrected chi connectivity index (χ1v) is 2.94. The van der Waals surface area contributed by atoms with Crippen LogP contribution in [-0.2, 0) is 0 Å². The quantitative estimate of drug-likeness (QED) is 0.646. The van der Waals surface area contributed by atoms with Gasteiger partial charge in [-0.15, -0.1) is 0 Å². The summed E-state index contributed by atoms with van der Waals surface area (Å²) in [4.78, 5) is 3.36. The number of hydrogen-bond acceptors (Lipinski definition) is 3. The Hall–Kier alpha value is -0.770. The molecule has 4 heteroatoms. The van der Waals surface area contributed by atoms with Crippen LogP contribution in [0.25, 0.3) is 0 Å². The molecule has 0 aromatic carbocycles. The van der Waals surface area contributed by atoms with Crippen molar-refractivity contribution in [2.24, 2.45) is 0 Å². The summed E-state index contributed by atoms with van der Waals surface area (Å²) in [5.41, 5.74) is 5.35. The molecule has 0 saturated carbocycles. The number of nitrogens with zero attached hydrogens (tertiary/aromatic N) is 1. The normalized spacial score (nSPS) is 12.6. The summed E-state index contributed by atoms with van der Waals surface area (Å²) in [6.07, 6.45) is -0.559. The predicted octanol–water partition coefficient (Wildman–Crippen LogP) is 1.13. The largest absolute Gasteiger partial charge is 0.505 e. The van der Waals surface area contributed by atoms with E-state index in [1.54, 1.807) is 0 Å². The van der Waals surface area contributed by atoms with Crippen molar-refractivity contribution in [3.8, 4) is 5.75 Å². The van der Waals surface area contributed by atoms with E-state index in [1.165, 1.54) is 0 Å². The van der Waals surface area contributed by atoms with Crippen LogP contribution in [0.15, 0.2) is 16.8 Å². The fraction of sp³-hybridized carbons (Fsp3) is 0. The monoisotopic (exact) mass is 190 g/mol. The number of anilines is 1. The number of nitrogen functional groups attached to an aromatic ring is 1. The lowest BCUT2D eigenvalue weighted by Gasteiger charge is -1.96. The smallest absolute Gasteiger partial charge is 0.150 e. The highest BCUT2D eigenvalue weighted by atomic mass is 79.9. The van der Waals surface area contributed by atoms with Crippen molar-refractivity contribution in [3.63, 3.8) is 0 Å². The average molecular weight is 191 g/mol. The molecule has 3 N–H and O–H groups in total. The molecule has 0 atom stereocenters. The molecule has 0 aliphatic rings. The first-order valence-electron chi connectivity index (χ1n) is 3.15. The molecule has 0 spiro atoms. The van der Waals surface area contributed by atoms with E-state index in [0.717, 1.165) is 0 Å². The topological polar surface area (TPSA) is 59.1 Å². The molecule has 0 amide bonds. The lowest BCUT2D eigenvalue weighted by Crippen LogP contribution is -1.86. The summed E-state index contributed by atoms with van der Waals surface area (Å²) in [6, 6.07) is 0. The highest BCUT2D eigenvalue weighted by Gasteiger charge is 1.98. The number of aromatic hydroxyl groups is 1. The maximum Gasteiger partial charge on any atom is 0.150 e. The van der Waals surface area contributed by atoms with Gasteiger partial charge in [-0.25, -0.2) is 0 Å². The van der Waals surface area contributed by atoms with Crippen molar-refractivity contribution in [3.05, 3.63) is 16.8 Å². The third kappa shape index (κ3) is 1.13. The van der Waals surface area contributed by atoms with E-state index in [1.807, 2.05) is 0 Å². The van der Waals surface area contributed by atoms with E-state index in [4.69, 9.17) is 13.6 Å². The second-order valence-electron chi connectivity index (χ2n) is 1.41. The maximum atomic E-state index is 9.05. The van der Waals surface area contributed by atoms with Crippen molar-refractivity contribution in [1.29, 1.82) is 0 Å². The lowest BCUT2D eigenvalue weighted by atomic mass is 10.4. The van der Waals surface area contributed by atoms with Gasteiger partial charge in [0.2, 0.25) is 0 Å². The summed E-state index contributed by atoms with van der Waals surface area (Å²) < 4.78 is 14.3. The molecule has 1 aromatic rings. The van der Waals surface area contributed by atoms with Crippen molar-refractivity contribution in [2.45, 2.75) is 0 Å². The molecule has 0 bridgehead atoms. The van der Waals surface area contributed by atoms with Crippen molar-refractivity contribution < 1.29 is 7.85 Å². The van der Waals surface area contributed by atoms with Gasteiger partial charge >= 0.3 is 0 Å². The second-order valence-corrected chi connectivity index (χ2v) is 2.20. The third-order valence-electron chi connectivity index (χ3n) is 0.783. The van der Waals surface area contributed by atoms with Crippen molar-refractivity contribution in [2.75, 3.05) is 5.73 Å². The minimum atomic E-state index is -0.351. The molecule has 0 aliphatic heterocycles. The van der Waals surface area contributed by atoms with Crippen LogP contribution in [0.5, 0.6) is 5.75 Å². The Labute approximate surface area is 63.5 Å². The third-order valence-corrected chi connectivity index (χ3v) is 1.59. The minimum Gasteiger partial charge on any atom is -0.505 e. The Morgan fingerprint density at radius 3 is 3.11 bits per heavy atom. The summed E-state index contributed by atoms with van der Waals surface area (Å²) in [7, 11) is 0. The number of nitrogens with two attached hydrogens (primary N) is 1. The highest BCUT2D eigenvalue weighted by Crippen LogP contribution is 2.26. The van der Waals surface area contributed by atoms with Crippen LogP contribution in [0, 0.1) is 0 Å². The molecular formula is C5H5BrN2O. The second kappa shape index (κ2) is 2.23. The number of halogens is 1. The molecule has 0 unspecified atom stereocenters. The van der Waals surface area contributed by atoms with Crippen LogP contribution >= 0.6 is 15.9 Å². The van der Waals surface area contributed by atoms with Crippen LogP contribution in [0.2, 0.25) is 0 Å². The zero-order valence-electron chi connectivity index (χ0n) is 6.35. The number of aromatic nitrogens is 1. The minimum absolute atomic E-state index is 0.0403. The van der Waals surface area contributed by atoms with Gasteiger partial charge in [-0.3, -0.25) is 4.98 Å². The SMILES string of the molecule is [2H]c1nc([2H])c(O)c(Br)c1N. The van der Waals surface area contributed by atoms with E-state index < -0.39 is 0 Å². The van der Waals surface area contributed by atoms with E-state index in [0.29, 0.717) is 0 Å². The van der Waals surface area contributed by atoms with Gasteiger partial charge in [0.05, 0.1) is 25.2 Å². The van der Waals surface area contributed by atoms with E-state index in [9.17, 15) is 0 Å². The predicted molar refractivity (Wildman–Crippen MR) is 38.0 cm³/mol. The fourth-order valence-electron chi connectivity index (χ4n) is 0.367. The van der Waals surface area contributed by atoms with Crippen LogP contribution in [0.3, 0.4) is 0 Å². The van der Waals surface area contributed by atoms with Crippen molar-refractivity contribution >= 4 is 21.6 Å². The summed E-state index contributed by atoms with van der Waals surface area (Å²) in [5, 5.41) is 9.05. The van der Waals surface area contributed by atoms with Gasteiger partial charge in [-0.05, 0) is 15.9 Å². The number of hydrogen-bond donors (Lipinski definition) is 2. The molecule has 1 aromatic heterocycles. The van der Waals surface area contributed by atoms with Gasteiger partial charge in [0.25, 0.3) is 0 Å². The molecule has 0 aliphatic carbocycles. The van der Waals surface area contributed by atoms with Crippen LogP contribution in [0.4, 0.5) is 5.69 Å². The molecule has 9 heavy (non-hydrogen) atoms. The van der Waals surface area contributed by atoms with Gasteiger partial charge < -0.3 is 10.8 Å². The Kier molecular flexibility index (Phi) is 1.02. The molecule has 1 heterocycles. The fourth-order valence-corrected chi connectivity index (χ4v) is 0.544. The van der Waals surface area contributed by atoms with Crippen LogP contribution in [-0.4, -0.2) is 10.1 Å². The molecule has 0 fully saturated rings. The van der Waals surface area contributed by atoms with E-state index in [2.05, 4.69) is 20.9 Å². The van der Waals surface area contributed by atoms with Crippen LogP contribution < -0.4 is 5.73 Å². The van der Waals surface area contributed by atoms with Gasteiger partial charge in [0.1, 0.15) is 5.75 Å². The number of rotatable bonds is 0. The summed E-state index contributed by atoms with van der Waals surface area (Å²) in [6.45, 7) is 0. The van der Waals surface area contributed by atoms with E-state index in [-0.39, 0.29) is 28.3 Å². The van der Waals surface area contributed by atoms with Gasteiger partial charge in [-0.1, -0.05) is 0 Å². The Balaban J connectivity index is 3.46. The van der Waals surface area contributed by atoms with Gasteiger partial charge in [-0.2, -0.15) is 0 Å². The Bertz CT molecular complexity index is 279. The highest BCUT2D eigenvalue weighted by molar-refractivity contribution is 9.10. The molecular weight excluding hydrogens is 184 g/mol. The Morgan fingerprint density at radius 2 is 2.44 bits per heavy atom. The summed E-state index contributed by atoms with van der Waals surface area (Å²) >= 11 is 2.93. The van der Waals surface area contributed by atoms with E-state index >= 15 is 0 Å². The standard InChI is InChI=1S/C5H5BrN2O/c6-5-3(7)1-8-2-4(5)9/h1-2,9H,7H2/i1D,2D. The molecule has 3 nitrogen and oxygen atoms in total. The lowest BCUT2D eigenvalue weighted by molar-refractivity contribution is 0.469. The van der Waals surface area contributed by atoms with Crippen molar-refractivity contribution in [1.82, 2.24) is 4.98 Å². The molecule has 0 radical (unpaired) electrons. The van der Waals surface area contributed by atoms with Gasteiger partial charge in [0.15, 0.2) is 0 Å². The van der Waals surface area contributed by atoms with Gasteiger partial charge in [0, 0.05) is 0 Å². The Morgan fingerprint density at radius 1 is 1.78 bits per heavy atom. The van der Waals surface area contributed by atoms with Crippen LogP contribution in [0.1, 0.15) is 2.74 Å². The average Bonchev–Trinajstić information content (AvgIpc) is 1.97. The summed E-state index contributed by atoms with van der Waals surface area (Å²) in [5.74, 6) is -0.335.